The third kappa shape index (κ3) is 260. The highest BCUT2D eigenvalue weighted by Crippen LogP contribution is 1.98. The number of halogens is 2. The lowest BCUT2D eigenvalue weighted by Crippen LogP contribution is -1.63. The van der Waals surface area contributed by atoms with Crippen LogP contribution in [0.3, 0.4) is 0 Å². The first-order valence-electron chi connectivity index (χ1n) is 0.840. The first-order valence-corrected chi connectivity index (χ1v) is 3.64. The molecule has 46 valence electrons. The van der Waals surface area contributed by atoms with Crippen LogP contribution in [-0.2, 0) is 14.6 Å². The summed E-state index contributed by atoms with van der Waals surface area (Å²) in [4.78, 5) is 0. The van der Waals surface area contributed by atoms with Gasteiger partial charge in [0.25, 0.3) is 0 Å². The van der Waals surface area contributed by atoms with Crippen LogP contribution in [0.1, 0.15) is 0 Å². The minimum Gasteiger partial charge on any atom is -0.582 e. The molecular formula is H2Cl2O4S. The highest BCUT2D eigenvalue weighted by atomic mass is 36.0. The molecule has 0 radical (unpaired) electrons. The van der Waals surface area contributed by atoms with Gasteiger partial charge < -0.3 is 4.55 Å². The summed E-state index contributed by atoms with van der Waals surface area (Å²) in [5.41, 5.74) is 0. The predicted octanol–water partition coefficient (Wildman–Crippen LogP) is 0.992. The Labute approximate surface area is 51.6 Å². The zero-order valence-corrected chi connectivity index (χ0v) is 5.20. The van der Waals surface area contributed by atoms with Crippen LogP contribution in [0.25, 0.3) is 0 Å². The van der Waals surface area contributed by atoms with E-state index in [-0.39, 0.29) is 0 Å². The number of hydrogen-bond acceptors (Lipinski definition) is 4. The summed E-state index contributed by atoms with van der Waals surface area (Å²) in [6.45, 7) is 0. The molecule has 7 heavy (non-hydrogen) atoms. The second-order valence-corrected chi connectivity index (χ2v) is 2.79. The van der Waals surface area contributed by atoms with Crippen molar-refractivity contribution in [2.75, 3.05) is 0 Å². The summed E-state index contributed by atoms with van der Waals surface area (Å²) in [5, 5.41) is 15.5. The van der Waals surface area contributed by atoms with Gasteiger partial charge in [-0.15, -0.1) is 0 Å². The van der Waals surface area contributed by atoms with Crippen LogP contribution in [0.2, 0.25) is 0 Å². The van der Waals surface area contributed by atoms with Crippen LogP contribution in [0.5, 0.6) is 0 Å². The van der Waals surface area contributed by atoms with E-state index in [2.05, 4.69) is 26.4 Å². The second kappa shape index (κ2) is 9.91. The zero-order valence-electron chi connectivity index (χ0n) is 2.88. The average Bonchev–Trinajstić information content (AvgIpc) is 1.33. The highest BCUT2D eigenvalue weighted by molar-refractivity contribution is 8.31. The van der Waals surface area contributed by atoms with Gasteiger partial charge in [-0.1, -0.05) is 5.04 Å². The van der Waals surface area contributed by atoms with E-state index in [0.717, 1.165) is 0 Å². The van der Waals surface area contributed by atoms with E-state index >= 15 is 0 Å². The molecule has 0 spiro atoms. The molecule has 2 N–H and O–H groups in total. The summed E-state index contributed by atoms with van der Waals surface area (Å²) in [6, 6.07) is 0. The molecular weight excluding hydrogens is 167 g/mol. The second-order valence-electron chi connectivity index (χ2n) is 0.266. The fourth-order valence-electron chi connectivity index (χ4n) is 0. The van der Waals surface area contributed by atoms with Gasteiger partial charge >= 0.3 is 0 Å². The van der Waals surface area contributed by atoms with E-state index in [1.54, 1.807) is 0 Å². The van der Waals surface area contributed by atoms with Gasteiger partial charge in [0.2, 0.25) is 0 Å². The van der Waals surface area contributed by atoms with Gasteiger partial charge in [0.15, 0.2) is 31.0 Å². The third-order valence-corrected chi connectivity index (χ3v) is 0. The molecule has 0 aromatic heterocycles. The highest BCUT2D eigenvalue weighted by Gasteiger charge is 1.83. The van der Waals surface area contributed by atoms with Gasteiger partial charge in [-0.25, -0.2) is 10.5 Å². The Bertz CT molecular complexity index is 20.9. The normalized spacial score (nSPS) is 7.71. The van der Waals surface area contributed by atoms with Gasteiger partial charge in [0, 0.05) is 0 Å². The molecule has 0 heterocycles. The molecule has 0 bridgehead atoms. The molecule has 0 fully saturated rings. The maximum atomic E-state index is 9.09. The van der Waals surface area contributed by atoms with Gasteiger partial charge in [0.1, 0.15) is 0 Å². The maximum Gasteiger partial charge on any atom is 0.198 e. The van der Waals surface area contributed by atoms with Crippen molar-refractivity contribution in [3.05, 3.63) is 0 Å². The lowest BCUT2D eigenvalue weighted by molar-refractivity contribution is -0.465. The molecule has 0 saturated heterocycles. The topological polar surface area (TPSA) is 72.8 Å². The lowest BCUT2D eigenvalue weighted by Gasteiger charge is -1.73. The monoisotopic (exact) mass is 168 g/mol. The number of hydrogen-bond donors (Lipinski definition) is 2. The van der Waals surface area contributed by atoms with Gasteiger partial charge in [-0.05, 0) is 0 Å². The minimum absolute atomic E-state index is 1.67. The molecule has 0 aromatic carbocycles. The van der Waals surface area contributed by atoms with Crippen LogP contribution >= 0.6 is 21.4 Å². The Hall–Kier alpha value is 0.770. The van der Waals surface area contributed by atoms with Crippen LogP contribution in [0, 0.1) is 0 Å². The van der Waals surface area contributed by atoms with Crippen LogP contribution in [0.15, 0.2) is 0 Å². The maximum absolute atomic E-state index is 9.09. The van der Waals surface area contributed by atoms with Gasteiger partial charge in [-0.3, -0.25) is 0 Å². The fraction of sp³-hybridized carbons (Fsp3) is 0. The lowest BCUT2D eigenvalue weighted by atomic mass is 14.6. The summed E-state index contributed by atoms with van der Waals surface area (Å²) in [7, 11) is 7.36. The van der Waals surface area contributed by atoms with E-state index < -0.39 is 9.60 Å². The van der Waals surface area contributed by atoms with Crippen molar-refractivity contribution in [1.82, 2.24) is 0 Å². The predicted molar refractivity (Wildman–Crippen MR) is 26.2 cm³/mol. The largest absolute Gasteiger partial charge is 0.582 e. The molecule has 0 unspecified atom stereocenters. The molecule has 0 atom stereocenters. The van der Waals surface area contributed by atoms with E-state index in [1.165, 1.54) is 0 Å². The minimum atomic E-state index is -1.67. The first kappa shape index (κ1) is 10.7. The molecule has 0 amide bonds. The Morgan fingerprint density at radius 2 is 1.43 bits per heavy atom. The molecule has 0 aliphatic rings. The standard InChI is InChI=1S/Cl2OS.H2O3/c1-4(2)3;1-3-2/h;1-2H. The molecule has 0 saturated carbocycles. The summed E-state index contributed by atoms with van der Waals surface area (Å²) < 4.78 is 9.09. The van der Waals surface area contributed by atoms with Crippen molar-refractivity contribution >= 4 is 31.0 Å². The van der Waals surface area contributed by atoms with Gasteiger partial charge in [0.05, 0.1) is 0 Å². The van der Waals surface area contributed by atoms with E-state index in [9.17, 15) is 0 Å². The van der Waals surface area contributed by atoms with Gasteiger partial charge in [-0.2, -0.15) is 0 Å². The molecule has 4 nitrogen and oxygen atoms in total. The fourth-order valence-corrected chi connectivity index (χ4v) is 0. The third-order valence-electron chi connectivity index (χ3n) is 0. The first-order chi connectivity index (χ1) is 3.15. The Morgan fingerprint density at radius 3 is 1.43 bits per heavy atom. The van der Waals surface area contributed by atoms with Crippen molar-refractivity contribution in [2.24, 2.45) is 0 Å². The van der Waals surface area contributed by atoms with E-state index in [0.29, 0.717) is 0 Å². The Morgan fingerprint density at radius 1 is 1.43 bits per heavy atom. The van der Waals surface area contributed by atoms with Crippen LogP contribution in [0.4, 0.5) is 0 Å². The summed E-state index contributed by atoms with van der Waals surface area (Å²) in [5.74, 6) is 0. The van der Waals surface area contributed by atoms with E-state index in [1.807, 2.05) is 0 Å². The average molecular weight is 169 g/mol. The van der Waals surface area contributed by atoms with Crippen LogP contribution in [-0.4, -0.2) is 15.1 Å². The molecule has 0 aliphatic carbocycles. The van der Waals surface area contributed by atoms with Crippen molar-refractivity contribution in [3.63, 3.8) is 0 Å². The zero-order chi connectivity index (χ0) is 6.28. The number of rotatable bonds is 0. The van der Waals surface area contributed by atoms with Crippen molar-refractivity contribution in [2.45, 2.75) is 0 Å². The molecule has 0 aromatic rings. The Balaban J connectivity index is 0. The van der Waals surface area contributed by atoms with Crippen molar-refractivity contribution < 1.29 is 20.1 Å². The van der Waals surface area contributed by atoms with Crippen LogP contribution < -0.4 is 0 Å². The van der Waals surface area contributed by atoms with Crippen molar-refractivity contribution in [1.29, 1.82) is 0 Å². The molecule has 7 heteroatoms. The SMILES string of the molecule is OOO.[O-][S+](Cl)Cl. The summed E-state index contributed by atoms with van der Waals surface area (Å²) in [6.07, 6.45) is 0. The Kier molecular flexibility index (Phi) is 15.1. The molecule has 0 aliphatic heterocycles. The smallest absolute Gasteiger partial charge is 0.198 e. The van der Waals surface area contributed by atoms with E-state index in [4.69, 9.17) is 15.1 Å². The quantitative estimate of drug-likeness (QED) is 0.322. The van der Waals surface area contributed by atoms with Crippen molar-refractivity contribution in [3.8, 4) is 0 Å². The molecule has 0 rings (SSSR count). The summed E-state index contributed by atoms with van der Waals surface area (Å²) >= 11 is 0.